The lowest BCUT2D eigenvalue weighted by Gasteiger charge is -2.38. The van der Waals surface area contributed by atoms with Crippen LogP contribution in [0.4, 0.5) is 5.69 Å². The summed E-state index contributed by atoms with van der Waals surface area (Å²) in [4.78, 5) is 33.6. The van der Waals surface area contributed by atoms with Crippen molar-refractivity contribution in [1.82, 2.24) is 9.80 Å². The summed E-state index contributed by atoms with van der Waals surface area (Å²) in [5, 5.41) is 0. The Bertz CT molecular complexity index is 1350. The Morgan fingerprint density at radius 1 is 0.683 bits per heavy atom. The van der Waals surface area contributed by atoms with E-state index < -0.39 is 5.92 Å². The first-order chi connectivity index (χ1) is 20.0. The van der Waals surface area contributed by atoms with Crippen LogP contribution in [0.25, 0.3) is 0 Å². The van der Waals surface area contributed by atoms with Crippen molar-refractivity contribution in [2.45, 2.75) is 5.92 Å². The van der Waals surface area contributed by atoms with Crippen molar-refractivity contribution in [3.05, 3.63) is 77.9 Å². The number of methoxy groups -OCH3 is 4. The quantitative estimate of drug-likeness (QED) is 0.414. The molecule has 0 bridgehead atoms. The second-order valence-corrected chi connectivity index (χ2v) is 10.2. The van der Waals surface area contributed by atoms with Gasteiger partial charge < -0.3 is 33.6 Å². The minimum atomic E-state index is -0.414. The van der Waals surface area contributed by atoms with Crippen LogP contribution in [0.1, 0.15) is 21.8 Å². The fraction of sp³-hybridized carbons (Fsp3) is 0.375. The molecule has 216 valence electrons. The number of anilines is 1. The average Bonchev–Trinajstić information content (AvgIpc) is 3.49. The molecule has 2 fully saturated rings. The van der Waals surface area contributed by atoms with E-state index >= 15 is 0 Å². The van der Waals surface area contributed by atoms with Crippen molar-refractivity contribution in [2.24, 2.45) is 5.92 Å². The summed E-state index contributed by atoms with van der Waals surface area (Å²) in [6, 6.07) is 20.9. The van der Waals surface area contributed by atoms with Gasteiger partial charge in [0.05, 0.1) is 40.0 Å². The number of piperazine rings is 1. The molecule has 2 amide bonds. The first-order valence-corrected chi connectivity index (χ1v) is 13.8. The summed E-state index contributed by atoms with van der Waals surface area (Å²) >= 11 is 0. The van der Waals surface area contributed by atoms with E-state index in [-0.39, 0.29) is 17.7 Å². The molecule has 2 heterocycles. The third-order valence-corrected chi connectivity index (χ3v) is 8.08. The Morgan fingerprint density at radius 3 is 1.90 bits per heavy atom. The molecular formula is C32H37N3O6. The smallest absolute Gasteiger partial charge is 0.253 e. The van der Waals surface area contributed by atoms with E-state index in [1.165, 1.54) is 0 Å². The number of rotatable bonds is 8. The molecule has 0 radical (unpaired) electrons. The van der Waals surface area contributed by atoms with Crippen LogP contribution in [0.2, 0.25) is 0 Å². The highest BCUT2D eigenvalue weighted by Crippen LogP contribution is 2.44. The first kappa shape index (κ1) is 28.1. The molecular weight excluding hydrogens is 522 g/mol. The summed E-state index contributed by atoms with van der Waals surface area (Å²) < 4.78 is 22.3. The van der Waals surface area contributed by atoms with Crippen molar-refractivity contribution >= 4 is 17.5 Å². The Labute approximate surface area is 241 Å². The zero-order valence-electron chi connectivity index (χ0n) is 24.0. The zero-order chi connectivity index (χ0) is 28.9. The van der Waals surface area contributed by atoms with Crippen LogP contribution >= 0.6 is 0 Å². The van der Waals surface area contributed by atoms with Crippen molar-refractivity contribution in [1.29, 1.82) is 0 Å². The minimum absolute atomic E-state index is 0.0480. The summed E-state index contributed by atoms with van der Waals surface area (Å²) in [6.07, 6.45) is 0. The maximum absolute atomic E-state index is 14.1. The second-order valence-electron chi connectivity index (χ2n) is 10.2. The Balaban J connectivity index is 1.41. The van der Waals surface area contributed by atoms with Gasteiger partial charge in [-0.2, -0.15) is 0 Å². The van der Waals surface area contributed by atoms with E-state index in [9.17, 15) is 9.59 Å². The van der Waals surface area contributed by atoms with Gasteiger partial charge in [-0.05, 0) is 42.0 Å². The average molecular weight is 560 g/mol. The van der Waals surface area contributed by atoms with Gasteiger partial charge in [-0.25, -0.2) is 0 Å². The molecule has 0 spiro atoms. The standard InChI is InChI=1S/C32H37N3O6/c1-38-27-13-9-8-12-26(27)33-14-16-34(17-15-33)32(37)25-21-35(31(36)22-10-6-5-7-11-22)20-24(25)23-18-28(39-2)30(41-4)29(19-23)40-3/h5-13,18-19,24-25H,14-17,20-21H2,1-4H3/t24-,25+/m0/s1. The fourth-order valence-corrected chi connectivity index (χ4v) is 5.93. The molecule has 3 aromatic rings. The third-order valence-electron chi connectivity index (χ3n) is 8.08. The molecule has 3 aromatic carbocycles. The predicted octanol–water partition coefficient (Wildman–Crippen LogP) is 3.93. The number of carbonyl (C=O) groups excluding carboxylic acids is 2. The van der Waals surface area contributed by atoms with E-state index in [0.717, 1.165) is 17.0 Å². The number of benzene rings is 3. The highest BCUT2D eigenvalue weighted by atomic mass is 16.5. The van der Waals surface area contributed by atoms with Gasteiger partial charge >= 0.3 is 0 Å². The summed E-state index contributed by atoms with van der Waals surface area (Å²) in [5.74, 6) is 1.66. The molecule has 41 heavy (non-hydrogen) atoms. The van der Waals surface area contributed by atoms with Gasteiger partial charge in [0.15, 0.2) is 11.5 Å². The minimum Gasteiger partial charge on any atom is -0.495 e. The SMILES string of the molecule is COc1ccccc1N1CCN(C(=O)[C@@H]2CN(C(=O)c3ccccc3)C[C@H]2c2cc(OC)c(OC)c(OC)c2)CC1. The van der Waals surface area contributed by atoms with Crippen LogP contribution in [0.3, 0.4) is 0 Å². The number of para-hydroxylation sites is 2. The van der Waals surface area contributed by atoms with Crippen LogP contribution in [-0.2, 0) is 4.79 Å². The number of likely N-dealkylation sites (tertiary alicyclic amines) is 1. The monoisotopic (exact) mass is 559 g/mol. The molecule has 0 aromatic heterocycles. The first-order valence-electron chi connectivity index (χ1n) is 13.8. The van der Waals surface area contributed by atoms with Crippen LogP contribution in [0.15, 0.2) is 66.7 Å². The molecule has 5 rings (SSSR count). The number of hydrogen-bond donors (Lipinski definition) is 0. The molecule has 2 aliphatic heterocycles. The molecule has 2 aliphatic rings. The summed E-state index contributed by atoms with van der Waals surface area (Å²) in [5.41, 5.74) is 2.50. The van der Waals surface area contributed by atoms with Crippen molar-refractivity contribution in [2.75, 3.05) is 72.6 Å². The Kier molecular flexibility index (Phi) is 8.52. The number of hydrogen-bond acceptors (Lipinski definition) is 7. The molecule has 0 saturated carbocycles. The predicted molar refractivity (Wildman–Crippen MR) is 156 cm³/mol. The number of ether oxygens (including phenoxy) is 4. The van der Waals surface area contributed by atoms with Gasteiger partial charge in [0.25, 0.3) is 5.91 Å². The van der Waals surface area contributed by atoms with E-state index in [4.69, 9.17) is 18.9 Å². The molecule has 0 unspecified atom stereocenters. The molecule has 0 aliphatic carbocycles. The molecule has 2 atom stereocenters. The largest absolute Gasteiger partial charge is 0.495 e. The highest BCUT2D eigenvalue weighted by molar-refractivity contribution is 5.95. The maximum atomic E-state index is 14.1. The number of amides is 2. The van der Waals surface area contributed by atoms with Crippen molar-refractivity contribution in [3.63, 3.8) is 0 Å². The summed E-state index contributed by atoms with van der Waals surface area (Å²) in [6.45, 7) is 3.30. The zero-order valence-corrected chi connectivity index (χ0v) is 24.0. The van der Waals surface area contributed by atoms with E-state index in [1.807, 2.05) is 71.6 Å². The van der Waals surface area contributed by atoms with Gasteiger partial charge in [-0.3, -0.25) is 9.59 Å². The van der Waals surface area contributed by atoms with Crippen LogP contribution in [0.5, 0.6) is 23.0 Å². The van der Waals surface area contributed by atoms with Gasteiger partial charge in [0.2, 0.25) is 11.7 Å². The van der Waals surface area contributed by atoms with Crippen LogP contribution in [-0.4, -0.2) is 89.3 Å². The van der Waals surface area contributed by atoms with Gasteiger partial charge in [-0.15, -0.1) is 0 Å². The second kappa shape index (κ2) is 12.4. The Hall–Kier alpha value is -4.40. The molecule has 9 nitrogen and oxygen atoms in total. The van der Waals surface area contributed by atoms with E-state index in [1.54, 1.807) is 33.3 Å². The van der Waals surface area contributed by atoms with Gasteiger partial charge in [-0.1, -0.05) is 30.3 Å². The van der Waals surface area contributed by atoms with E-state index in [0.29, 0.717) is 62.1 Å². The van der Waals surface area contributed by atoms with Gasteiger partial charge in [0.1, 0.15) is 5.75 Å². The molecule has 0 N–H and O–H groups in total. The lowest BCUT2D eigenvalue weighted by molar-refractivity contribution is -0.135. The normalized spacial score (nSPS) is 18.7. The maximum Gasteiger partial charge on any atom is 0.253 e. The van der Waals surface area contributed by atoms with Crippen molar-refractivity contribution < 1.29 is 28.5 Å². The van der Waals surface area contributed by atoms with Crippen molar-refractivity contribution in [3.8, 4) is 23.0 Å². The number of nitrogens with zero attached hydrogens (tertiary/aromatic N) is 3. The molecule has 9 heteroatoms. The lowest BCUT2D eigenvalue weighted by atomic mass is 9.87. The van der Waals surface area contributed by atoms with Gasteiger partial charge in [0, 0.05) is 50.7 Å². The van der Waals surface area contributed by atoms with Crippen LogP contribution in [0, 0.1) is 5.92 Å². The van der Waals surface area contributed by atoms with Crippen LogP contribution < -0.4 is 23.8 Å². The molecule has 2 saturated heterocycles. The number of carbonyl (C=O) groups is 2. The lowest BCUT2D eigenvalue weighted by Crippen LogP contribution is -2.51. The third kappa shape index (κ3) is 5.62. The van der Waals surface area contributed by atoms with E-state index in [2.05, 4.69) is 4.90 Å². The fourth-order valence-electron chi connectivity index (χ4n) is 5.93. The summed E-state index contributed by atoms with van der Waals surface area (Å²) in [7, 11) is 6.38. The highest BCUT2D eigenvalue weighted by Gasteiger charge is 2.43. The topological polar surface area (TPSA) is 80.8 Å². The Morgan fingerprint density at radius 2 is 1.29 bits per heavy atom.